The van der Waals surface area contributed by atoms with Crippen LogP contribution < -0.4 is 0 Å². The third kappa shape index (κ3) is 1.21. The molecule has 1 aromatic rings. The third-order valence-electron chi connectivity index (χ3n) is 3.25. The highest BCUT2D eigenvalue weighted by Crippen LogP contribution is 2.38. The van der Waals surface area contributed by atoms with Crippen molar-refractivity contribution in [3.63, 3.8) is 0 Å². The molecule has 16 heavy (non-hydrogen) atoms. The number of hydrogen-bond donors (Lipinski definition) is 0. The SMILES string of the molecule is CN1C(=O)c2cc([N+](=O)[O-])ccc2C1(C)C. The van der Waals surface area contributed by atoms with Crippen LogP contribution in [0.15, 0.2) is 18.2 Å². The van der Waals surface area contributed by atoms with Gasteiger partial charge in [-0.1, -0.05) is 0 Å². The first kappa shape index (κ1) is 10.6. The van der Waals surface area contributed by atoms with E-state index in [2.05, 4.69) is 0 Å². The van der Waals surface area contributed by atoms with Crippen LogP contribution in [0.4, 0.5) is 5.69 Å². The summed E-state index contributed by atoms with van der Waals surface area (Å²) in [6.45, 7) is 3.84. The predicted octanol–water partition coefficient (Wildman–Crippen LogP) is 1.92. The quantitative estimate of drug-likeness (QED) is 0.536. The maximum absolute atomic E-state index is 11.9. The van der Waals surface area contributed by atoms with E-state index >= 15 is 0 Å². The van der Waals surface area contributed by atoms with Gasteiger partial charge in [-0.15, -0.1) is 0 Å². The van der Waals surface area contributed by atoms with Crippen LogP contribution >= 0.6 is 0 Å². The average molecular weight is 220 g/mol. The first-order chi connectivity index (χ1) is 7.35. The second-order valence-electron chi connectivity index (χ2n) is 4.41. The van der Waals surface area contributed by atoms with E-state index < -0.39 is 10.5 Å². The number of nitrogens with zero attached hydrogens (tertiary/aromatic N) is 2. The van der Waals surface area contributed by atoms with Crippen molar-refractivity contribution < 1.29 is 9.72 Å². The molecule has 0 radical (unpaired) electrons. The lowest BCUT2D eigenvalue weighted by Crippen LogP contribution is -2.35. The van der Waals surface area contributed by atoms with E-state index in [0.29, 0.717) is 5.56 Å². The molecule has 2 rings (SSSR count). The summed E-state index contributed by atoms with van der Waals surface area (Å²) in [4.78, 5) is 23.6. The summed E-state index contributed by atoms with van der Waals surface area (Å²) in [5.41, 5.74) is 0.826. The summed E-state index contributed by atoms with van der Waals surface area (Å²) in [5.74, 6) is -0.163. The minimum Gasteiger partial charge on any atom is -0.332 e. The molecule has 1 heterocycles. The lowest BCUT2D eigenvalue weighted by molar-refractivity contribution is -0.384. The Morgan fingerprint density at radius 2 is 2.00 bits per heavy atom. The topological polar surface area (TPSA) is 63.5 Å². The van der Waals surface area contributed by atoms with Gasteiger partial charge in [-0.3, -0.25) is 14.9 Å². The number of benzene rings is 1. The van der Waals surface area contributed by atoms with Crippen LogP contribution in [-0.2, 0) is 5.54 Å². The van der Waals surface area contributed by atoms with Crippen LogP contribution in [0.25, 0.3) is 0 Å². The van der Waals surface area contributed by atoms with Crippen LogP contribution in [0.1, 0.15) is 29.8 Å². The number of amides is 1. The second kappa shape index (κ2) is 3.04. The maximum atomic E-state index is 11.9. The molecule has 1 amide bonds. The average Bonchev–Trinajstić information content (AvgIpc) is 2.40. The molecule has 1 aliphatic rings. The van der Waals surface area contributed by atoms with Crippen molar-refractivity contribution in [2.45, 2.75) is 19.4 Å². The monoisotopic (exact) mass is 220 g/mol. The third-order valence-corrected chi connectivity index (χ3v) is 3.25. The molecule has 0 bridgehead atoms. The highest BCUT2D eigenvalue weighted by Gasteiger charge is 2.41. The highest BCUT2D eigenvalue weighted by atomic mass is 16.6. The highest BCUT2D eigenvalue weighted by molar-refractivity contribution is 6.00. The molecule has 0 unspecified atom stereocenters. The number of nitro groups is 1. The molecule has 0 aromatic heterocycles. The standard InChI is InChI=1S/C11H12N2O3/c1-11(2)9-5-4-7(13(15)16)6-8(9)10(14)12(11)3/h4-6H,1-3H3. The number of hydrogen-bond acceptors (Lipinski definition) is 3. The Kier molecular flexibility index (Phi) is 2.01. The van der Waals surface area contributed by atoms with Crippen molar-refractivity contribution in [3.8, 4) is 0 Å². The van der Waals surface area contributed by atoms with Crippen LogP contribution in [0, 0.1) is 10.1 Å². The molecule has 0 spiro atoms. The summed E-state index contributed by atoms with van der Waals surface area (Å²) in [7, 11) is 1.70. The summed E-state index contributed by atoms with van der Waals surface area (Å²) in [6.07, 6.45) is 0. The van der Waals surface area contributed by atoms with Crippen LogP contribution in [0.2, 0.25) is 0 Å². The van der Waals surface area contributed by atoms with Crippen molar-refractivity contribution in [2.75, 3.05) is 7.05 Å². The fourth-order valence-electron chi connectivity index (χ4n) is 1.97. The van der Waals surface area contributed by atoms with Gasteiger partial charge in [0.15, 0.2) is 0 Å². The minimum absolute atomic E-state index is 0.0433. The molecule has 0 saturated heterocycles. The second-order valence-corrected chi connectivity index (χ2v) is 4.41. The minimum atomic E-state index is -0.487. The van der Waals surface area contributed by atoms with E-state index in [1.54, 1.807) is 18.0 Å². The van der Waals surface area contributed by atoms with Gasteiger partial charge in [0.05, 0.1) is 16.0 Å². The summed E-state index contributed by atoms with van der Waals surface area (Å²) in [5, 5.41) is 10.6. The molecule has 5 nitrogen and oxygen atoms in total. The van der Waals surface area contributed by atoms with E-state index in [9.17, 15) is 14.9 Å². The normalized spacial score (nSPS) is 17.4. The van der Waals surface area contributed by atoms with E-state index in [4.69, 9.17) is 0 Å². The zero-order valence-corrected chi connectivity index (χ0v) is 9.35. The van der Waals surface area contributed by atoms with Crippen molar-refractivity contribution in [2.24, 2.45) is 0 Å². The molecule has 1 aromatic carbocycles. The molecule has 84 valence electrons. The molecular weight excluding hydrogens is 208 g/mol. The fourth-order valence-corrected chi connectivity index (χ4v) is 1.97. The number of fused-ring (bicyclic) bond motifs is 1. The predicted molar refractivity (Wildman–Crippen MR) is 58.2 cm³/mol. The van der Waals surface area contributed by atoms with Crippen molar-refractivity contribution in [1.29, 1.82) is 0 Å². The molecule has 0 N–H and O–H groups in total. The Labute approximate surface area is 92.8 Å². The Balaban J connectivity index is 2.64. The number of rotatable bonds is 1. The fraction of sp³-hybridized carbons (Fsp3) is 0.364. The molecular formula is C11H12N2O3. The Morgan fingerprint density at radius 1 is 1.38 bits per heavy atom. The summed E-state index contributed by atoms with van der Waals surface area (Å²) >= 11 is 0. The first-order valence-corrected chi connectivity index (χ1v) is 4.93. The first-order valence-electron chi connectivity index (χ1n) is 4.93. The molecule has 0 atom stereocenters. The zero-order valence-electron chi connectivity index (χ0n) is 9.35. The summed E-state index contributed by atoms with van der Waals surface area (Å²) < 4.78 is 0. The zero-order chi connectivity index (χ0) is 12.1. The van der Waals surface area contributed by atoms with Gasteiger partial charge in [0.25, 0.3) is 11.6 Å². The van der Waals surface area contributed by atoms with Gasteiger partial charge in [0.1, 0.15) is 0 Å². The van der Waals surface area contributed by atoms with Gasteiger partial charge in [0, 0.05) is 19.2 Å². The van der Waals surface area contributed by atoms with Gasteiger partial charge < -0.3 is 4.90 Å². The molecule has 0 saturated carbocycles. The van der Waals surface area contributed by atoms with Gasteiger partial charge >= 0.3 is 0 Å². The van der Waals surface area contributed by atoms with Crippen molar-refractivity contribution >= 4 is 11.6 Å². The van der Waals surface area contributed by atoms with E-state index in [0.717, 1.165) is 5.56 Å². The maximum Gasteiger partial charge on any atom is 0.270 e. The smallest absolute Gasteiger partial charge is 0.270 e. The summed E-state index contributed by atoms with van der Waals surface area (Å²) in [6, 6.07) is 4.45. The van der Waals surface area contributed by atoms with Crippen molar-refractivity contribution in [3.05, 3.63) is 39.4 Å². The Hall–Kier alpha value is -1.91. The van der Waals surface area contributed by atoms with E-state index in [-0.39, 0.29) is 11.6 Å². The van der Waals surface area contributed by atoms with Gasteiger partial charge in [-0.2, -0.15) is 0 Å². The van der Waals surface area contributed by atoms with Crippen LogP contribution in [0.3, 0.4) is 0 Å². The largest absolute Gasteiger partial charge is 0.332 e. The molecule has 0 fully saturated rings. The lowest BCUT2D eigenvalue weighted by Gasteiger charge is -2.28. The Bertz CT molecular complexity index is 494. The van der Waals surface area contributed by atoms with E-state index in [1.165, 1.54) is 12.1 Å². The number of nitro benzene ring substituents is 1. The number of non-ortho nitro benzene ring substituents is 1. The van der Waals surface area contributed by atoms with Gasteiger partial charge in [-0.25, -0.2) is 0 Å². The number of carbonyl (C=O) groups excluding carboxylic acids is 1. The lowest BCUT2D eigenvalue weighted by atomic mass is 9.94. The van der Waals surface area contributed by atoms with Gasteiger partial charge in [0.2, 0.25) is 0 Å². The molecule has 5 heteroatoms. The number of carbonyl (C=O) groups is 1. The molecule has 1 aliphatic heterocycles. The Morgan fingerprint density at radius 3 is 2.56 bits per heavy atom. The van der Waals surface area contributed by atoms with Crippen molar-refractivity contribution in [1.82, 2.24) is 4.90 Å². The van der Waals surface area contributed by atoms with Gasteiger partial charge in [-0.05, 0) is 25.5 Å². The van der Waals surface area contributed by atoms with E-state index in [1.807, 2.05) is 13.8 Å². The van der Waals surface area contributed by atoms with Crippen LogP contribution in [-0.4, -0.2) is 22.8 Å². The molecule has 0 aliphatic carbocycles. The van der Waals surface area contributed by atoms with Crippen LogP contribution in [0.5, 0.6) is 0 Å².